The number of furan rings is 1. The molecule has 1 N–H and O–H groups in total. The lowest BCUT2D eigenvalue weighted by atomic mass is 10.1. The van der Waals surface area contributed by atoms with E-state index in [1.165, 1.54) is 12.6 Å². The Kier molecular flexibility index (Phi) is 5.63. The zero-order valence-corrected chi connectivity index (χ0v) is 19.2. The minimum absolute atomic E-state index is 0.0795. The van der Waals surface area contributed by atoms with E-state index in [-0.39, 0.29) is 5.91 Å². The number of carbonyl (C=O) groups excluding carboxylic acids is 1. The maximum Gasteiger partial charge on any atom is 0.289 e. The normalized spacial score (nSPS) is 14.2. The molecular weight excluding hydrogens is 442 g/mol. The van der Waals surface area contributed by atoms with Gasteiger partial charge >= 0.3 is 0 Å². The first-order valence-corrected chi connectivity index (χ1v) is 11.3. The van der Waals surface area contributed by atoms with Crippen molar-refractivity contribution < 1.29 is 9.21 Å². The van der Waals surface area contributed by atoms with E-state index in [4.69, 9.17) is 16.0 Å². The molecule has 1 aliphatic rings. The first-order chi connectivity index (χ1) is 16.0. The van der Waals surface area contributed by atoms with Crippen LogP contribution in [0.3, 0.4) is 0 Å². The van der Waals surface area contributed by atoms with Crippen LogP contribution in [0.1, 0.15) is 28.7 Å². The highest BCUT2D eigenvalue weighted by Gasteiger charge is 2.25. The van der Waals surface area contributed by atoms with Crippen LogP contribution in [-0.4, -0.2) is 56.6 Å². The molecule has 1 aliphatic heterocycles. The van der Waals surface area contributed by atoms with Gasteiger partial charge in [0.15, 0.2) is 5.76 Å². The molecule has 170 valence electrons. The summed E-state index contributed by atoms with van der Waals surface area (Å²) in [4.78, 5) is 25.2. The van der Waals surface area contributed by atoms with Gasteiger partial charge in [0.2, 0.25) is 0 Å². The van der Waals surface area contributed by atoms with Gasteiger partial charge in [0, 0.05) is 43.1 Å². The van der Waals surface area contributed by atoms with Crippen LogP contribution in [0.5, 0.6) is 0 Å². The Hall–Kier alpha value is -3.59. The van der Waals surface area contributed by atoms with Gasteiger partial charge in [0.25, 0.3) is 11.7 Å². The topological polar surface area (TPSA) is 91.8 Å². The van der Waals surface area contributed by atoms with E-state index in [0.717, 1.165) is 34.9 Å². The Balaban J connectivity index is 1.32. The molecule has 3 aromatic heterocycles. The van der Waals surface area contributed by atoms with Gasteiger partial charge < -0.3 is 19.5 Å². The summed E-state index contributed by atoms with van der Waals surface area (Å²) >= 11 is 6.69. The summed E-state index contributed by atoms with van der Waals surface area (Å²) in [6.07, 6.45) is 3.83. The Bertz CT molecular complexity index is 1290. The lowest BCUT2D eigenvalue weighted by Gasteiger charge is -2.36. The minimum Gasteiger partial charge on any atom is -0.459 e. The van der Waals surface area contributed by atoms with Crippen LogP contribution in [0.25, 0.3) is 5.78 Å². The van der Waals surface area contributed by atoms with Gasteiger partial charge in [-0.25, -0.2) is 4.98 Å². The van der Waals surface area contributed by atoms with Crippen molar-refractivity contribution in [2.75, 3.05) is 36.4 Å². The SMILES string of the molecule is CCc1c(C)nc2ncnn2c1Nc1ccc(N2CCN(C(=O)c3ccco3)CC2)c(Cl)c1. The minimum atomic E-state index is -0.0795. The number of benzene rings is 1. The van der Waals surface area contributed by atoms with Crippen molar-refractivity contribution in [1.82, 2.24) is 24.5 Å². The van der Waals surface area contributed by atoms with Crippen molar-refractivity contribution in [3.8, 4) is 0 Å². The summed E-state index contributed by atoms with van der Waals surface area (Å²) in [6.45, 7) is 6.67. The largest absolute Gasteiger partial charge is 0.459 e. The molecule has 0 unspecified atom stereocenters. The van der Waals surface area contributed by atoms with Crippen LogP contribution in [0, 0.1) is 6.92 Å². The Morgan fingerprint density at radius 1 is 1.21 bits per heavy atom. The summed E-state index contributed by atoms with van der Waals surface area (Å²) < 4.78 is 6.95. The third kappa shape index (κ3) is 4.00. The first-order valence-electron chi connectivity index (χ1n) is 10.9. The molecule has 4 aromatic rings. The first kappa shape index (κ1) is 21.3. The number of rotatable bonds is 5. The van der Waals surface area contributed by atoms with Gasteiger partial charge in [0.1, 0.15) is 12.1 Å². The standard InChI is InChI=1S/C23H24ClN7O2/c1-3-17-15(2)27-23-25-14-26-31(23)21(17)28-16-6-7-19(18(24)13-16)29-8-10-30(11-9-29)22(32)20-5-4-12-33-20/h4-7,12-14,28H,3,8-11H2,1-2H3. The molecule has 0 spiro atoms. The maximum atomic E-state index is 12.5. The average molecular weight is 466 g/mol. The van der Waals surface area contributed by atoms with Crippen molar-refractivity contribution in [2.24, 2.45) is 0 Å². The van der Waals surface area contributed by atoms with E-state index >= 15 is 0 Å². The van der Waals surface area contributed by atoms with Crippen LogP contribution >= 0.6 is 11.6 Å². The second kappa shape index (κ2) is 8.74. The molecule has 0 bridgehead atoms. The second-order valence-electron chi connectivity index (χ2n) is 7.90. The van der Waals surface area contributed by atoms with Crippen molar-refractivity contribution in [2.45, 2.75) is 20.3 Å². The van der Waals surface area contributed by atoms with E-state index < -0.39 is 0 Å². The van der Waals surface area contributed by atoms with Crippen molar-refractivity contribution in [3.63, 3.8) is 0 Å². The molecule has 33 heavy (non-hydrogen) atoms. The monoisotopic (exact) mass is 465 g/mol. The number of aryl methyl sites for hydroxylation is 1. The van der Waals surface area contributed by atoms with E-state index in [1.807, 2.05) is 25.1 Å². The van der Waals surface area contributed by atoms with Crippen molar-refractivity contribution in [3.05, 3.63) is 65.0 Å². The number of hydrogen-bond donors (Lipinski definition) is 1. The van der Waals surface area contributed by atoms with E-state index in [2.05, 4.69) is 32.2 Å². The number of nitrogens with zero attached hydrogens (tertiary/aromatic N) is 6. The zero-order chi connectivity index (χ0) is 22.9. The van der Waals surface area contributed by atoms with Gasteiger partial charge in [-0.15, -0.1) is 0 Å². The second-order valence-corrected chi connectivity index (χ2v) is 8.30. The molecule has 0 radical (unpaired) electrons. The van der Waals surface area contributed by atoms with Crippen molar-refractivity contribution >= 4 is 40.5 Å². The van der Waals surface area contributed by atoms with Gasteiger partial charge in [-0.2, -0.15) is 14.6 Å². The fourth-order valence-corrected chi connectivity index (χ4v) is 4.52. The quantitative estimate of drug-likeness (QED) is 0.477. The maximum absolute atomic E-state index is 12.5. The van der Waals surface area contributed by atoms with Crippen LogP contribution < -0.4 is 10.2 Å². The summed E-state index contributed by atoms with van der Waals surface area (Å²) in [7, 11) is 0. The molecular formula is C23H24ClN7O2. The summed E-state index contributed by atoms with van der Waals surface area (Å²) in [5.74, 6) is 1.68. The van der Waals surface area contributed by atoms with E-state index in [0.29, 0.717) is 42.7 Å². The van der Waals surface area contributed by atoms with Crippen LogP contribution in [0.2, 0.25) is 5.02 Å². The third-order valence-electron chi connectivity index (χ3n) is 5.94. The predicted molar refractivity (Wildman–Crippen MR) is 126 cm³/mol. The summed E-state index contributed by atoms with van der Waals surface area (Å²) in [5, 5.41) is 8.42. The predicted octanol–water partition coefficient (Wildman–Crippen LogP) is 3.95. The number of piperazine rings is 1. The Morgan fingerprint density at radius 3 is 2.73 bits per heavy atom. The lowest BCUT2D eigenvalue weighted by Crippen LogP contribution is -2.48. The molecule has 1 amide bonds. The van der Waals surface area contributed by atoms with Crippen LogP contribution in [0.15, 0.2) is 47.3 Å². The summed E-state index contributed by atoms with van der Waals surface area (Å²) in [6, 6.07) is 9.34. The molecule has 1 saturated heterocycles. The highest BCUT2D eigenvalue weighted by Crippen LogP contribution is 2.32. The van der Waals surface area contributed by atoms with E-state index in [9.17, 15) is 4.79 Å². The van der Waals surface area contributed by atoms with Crippen LogP contribution in [0.4, 0.5) is 17.2 Å². The number of fused-ring (bicyclic) bond motifs is 1. The number of aromatic nitrogens is 4. The molecule has 1 aromatic carbocycles. The molecule has 0 saturated carbocycles. The molecule has 0 aliphatic carbocycles. The molecule has 5 rings (SSSR count). The van der Waals surface area contributed by atoms with E-state index in [1.54, 1.807) is 21.5 Å². The number of hydrogen-bond acceptors (Lipinski definition) is 7. The summed E-state index contributed by atoms with van der Waals surface area (Å²) in [5.41, 5.74) is 3.79. The number of anilines is 3. The zero-order valence-electron chi connectivity index (χ0n) is 18.5. The van der Waals surface area contributed by atoms with Crippen molar-refractivity contribution in [1.29, 1.82) is 0 Å². The number of nitrogens with one attached hydrogen (secondary N) is 1. The van der Waals surface area contributed by atoms with Gasteiger partial charge in [-0.1, -0.05) is 18.5 Å². The highest BCUT2D eigenvalue weighted by molar-refractivity contribution is 6.33. The highest BCUT2D eigenvalue weighted by atomic mass is 35.5. The fourth-order valence-electron chi connectivity index (χ4n) is 4.22. The molecule has 0 atom stereocenters. The third-order valence-corrected chi connectivity index (χ3v) is 6.24. The Labute approximate surface area is 196 Å². The fraction of sp³-hybridized carbons (Fsp3) is 0.304. The molecule has 9 nitrogen and oxygen atoms in total. The molecule has 4 heterocycles. The molecule has 10 heteroatoms. The molecule has 1 fully saturated rings. The number of halogens is 1. The van der Waals surface area contributed by atoms with Gasteiger partial charge in [0.05, 0.1) is 17.0 Å². The smallest absolute Gasteiger partial charge is 0.289 e. The number of amides is 1. The van der Waals surface area contributed by atoms with Gasteiger partial charge in [-0.3, -0.25) is 4.79 Å². The lowest BCUT2D eigenvalue weighted by molar-refractivity contribution is 0.0714. The van der Waals surface area contributed by atoms with Gasteiger partial charge in [-0.05, 0) is 43.7 Å². The number of carbonyl (C=O) groups is 1. The van der Waals surface area contributed by atoms with Crippen LogP contribution in [-0.2, 0) is 6.42 Å². The Morgan fingerprint density at radius 2 is 2.03 bits per heavy atom. The average Bonchev–Trinajstić information content (AvgIpc) is 3.51.